The third-order valence-electron chi connectivity index (χ3n) is 3.79. The first-order chi connectivity index (χ1) is 11.1. The van der Waals surface area contributed by atoms with Gasteiger partial charge in [0.2, 0.25) is 11.8 Å². The van der Waals surface area contributed by atoms with Crippen LogP contribution in [0.1, 0.15) is 36.1 Å². The third kappa shape index (κ3) is 2.65. The zero-order valence-corrected chi connectivity index (χ0v) is 13.9. The molecule has 2 heterocycles. The van der Waals surface area contributed by atoms with Crippen LogP contribution in [-0.4, -0.2) is 10.2 Å². The fourth-order valence-electron chi connectivity index (χ4n) is 2.77. The summed E-state index contributed by atoms with van der Waals surface area (Å²) in [7, 11) is 0. The lowest BCUT2D eigenvalue weighted by Crippen LogP contribution is -2.21. The van der Waals surface area contributed by atoms with E-state index in [1.807, 2.05) is 6.07 Å². The summed E-state index contributed by atoms with van der Waals surface area (Å²) in [5, 5.41) is 17.6. The lowest BCUT2D eigenvalue weighted by Gasteiger charge is -2.24. The van der Waals surface area contributed by atoms with Crippen molar-refractivity contribution in [3.8, 4) is 11.9 Å². The molecule has 0 unspecified atom stereocenters. The quantitative estimate of drug-likeness (QED) is 0.880. The van der Waals surface area contributed by atoms with Gasteiger partial charge in [-0.25, -0.2) is 0 Å². The number of aromatic nitrogens is 2. The zero-order chi connectivity index (χ0) is 16.6. The molecule has 1 aromatic carbocycles. The number of nitriles is 1. The average Bonchev–Trinajstić information content (AvgIpc) is 2.91. The number of nitrogens with zero attached hydrogens (tertiary/aromatic N) is 2. The second-order valence-corrected chi connectivity index (χ2v) is 6.08. The van der Waals surface area contributed by atoms with Crippen molar-refractivity contribution in [1.29, 1.82) is 5.26 Å². The van der Waals surface area contributed by atoms with E-state index in [9.17, 15) is 5.26 Å². The van der Waals surface area contributed by atoms with Gasteiger partial charge < -0.3 is 10.5 Å². The number of benzene rings is 1. The summed E-state index contributed by atoms with van der Waals surface area (Å²) in [4.78, 5) is 0. The van der Waals surface area contributed by atoms with Gasteiger partial charge in [-0.3, -0.25) is 5.10 Å². The number of halogens is 2. The van der Waals surface area contributed by atoms with E-state index in [4.69, 9.17) is 33.7 Å². The number of ether oxygens (including phenoxy) is 1. The van der Waals surface area contributed by atoms with Gasteiger partial charge in [-0.2, -0.15) is 5.26 Å². The van der Waals surface area contributed by atoms with Gasteiger partial charge in [0.15, 0.2) is 0 Å². The molecule has 3 rings (SSSR count). The van der Waals surface area contributed by atoms with Crippen LogP contribution >= 0.6 is 23.2 Å². The van der Waals surface area contributed by atoms with Crippen LogP contribution in [0.15, 0.2) is 29.7 Å². The van der Waals surface area contributed by atoms with Crippen molar-refractivity contribution in [3.05, 3.63) is 56.5 Å². The fraction of sp³-hybridized carbons (Fsp3) is 0.250. The highest BCUT2D eigenvalue weighted by Crippen LogP contribution is 2.44. The highest BCUT2D eigenvalue weighted by atomic mass is 35.5. The number of H-pyrrole nitrogens is 1. The Bertz CT molecular complexity index is 835. The lowest BCUT2D eigenvalue weighted by molar-refractivity contribution is 0.378. The molecule has 1 aliphatic heterocycles. The van der Waals surface area contributed by atoms with Crippen molar-refractivity contribution in [3.63, 3.8) is 0 Å². The molecule has 7 heteroatoms. The van der Waals surface area contributed by atoms with Crippen molar-refractivity contribution in [2.75, 3.05) is 0 Å². The first kappa shape index (κ1) is 15.7. The van der Waals surface area contributed by atoms with Crippen molar-refractivity contribution >= 4 is 23.2 Å². The van der Waals surface area contributed by atoms with Crippen molar-refractivity contribution < 1.29 is 4.74 Å². The molecular weight excluding hydrogens is 335 g/mol. The number of hydrogen-bond acceptors (Lipinski definition) is 4. The Kier molecular flexibility index (Phi) is 4.20. The van der Waals surface area contributed by atoms with Gasteiger partial charge in [0, 0.05) is 11.3 Å². The molecule has 23 heavy (non-hydrogen) atoms. The van der Waals surface area contributed by atoms with Gasteiger partial charge in [-0.05, 0) is 24.1 Å². The third-order valence-corrected chi connectivity index (χ3v) is 4.53. The standard InChI is InChI=1S/C16H14Cl2N4O/c1-2-3-12-14-13(8-4-5-10(17)11(18)6-8)9(7-19)15(20)23-16(14)22-21-12/h4-6,13H,2-3,20H2,1H3,(H,21,22)/t13-/m1/s1. The first-order valence-corrected chi connectivity index (χ1v) is 7.92. The molecule has 1 aromatic heterocycles. The second kappa shape index (κ2) is 6.15. The fourth-order valence-corrected chi connectivity index (χ4v) is 3.08. The SMILES string of the molecule is CCCc1[nH]nc2c1[C@H](c1ccc(Cl)c(Cl)c1)C(C#N)=C(N)O2. The van der Waals surface area contributed by atoms with Gasteiger partial charge in [0.25, 0.3) is 0 Å². The number of allylic oxidation sites excluding steroid dienone is 1. The van der Waals surface area contributed by atoms with Crippen molar-refractivity contribution in [2.24, 2.45) is 5.73 Å². The summed E-state index contributed by atoms with van der Waals surface area (Å²) >= 11 is 12.1. The van der Waals surface area contributed by atoms with E-state index >= 15 is 0 Å². The van der Waals surface area contributed by atoms with E-state index in [0.717, 1.165) is 29.7 Å². The molecule has 3 N–H and O–H groups in total. The summed E-state index contributed by atoms with van der Waals surface area (Å²) in [5.41, 5.74) is 8.83. The van der Waals surface area contributed by atoms with Crippen molar-refractivity contribution in [2.45, 2.75) is 25.7 Å². The molecule has 2 aromatic rings. The first-order valence-electron chi connectivity index (χ1n) is 7.16. The van der Waals surface area contributed by atoms with E-state index in [-0.39, 0.29) is 11.8 Å². The molecule has 0 bridgehead atoms. The van der Waals surface area contributed by atoms with Crippen LogP contribution < -0.4 is 10.5 Å². The average molecular weight is 349 g/mol. The van der Waals surface area contributed by atoms with E-state index in [1.165, 1.54) is 0 Å². The molecule has 1 atom stereocenters. The number of hydrogen-bond donors (Lipinski definition) is 2. The summed E-state index contributed by atoms with van der Waals surface area (Å²) < 4.78 is 5.50. The van der Waals surface area contributed by atoms with E-state index < -0.39 is 0 Å². The monoisotopic (exact) mass is 348 g/mol. The van der Waals surface area contributed by atoms with E-state index in [2.05, 4.69) is 23.2 Å². The Morgan fingerprint density at radius 2 is 2.17 bits per heavy atom. The van der Waals surface area contributed by atoms with Gasteiger partial charge in [0.1, 0.15) is 11.6 Å². The predicted octanol–water partition coefficient (Wildman–Crippen LogP) is 3.89. The van der Waals surface area contributed by atoms with Crippen LogP contribution in [0.3, 0.4) is 0 Å². The summed E-state index contributed by atoms with van der Waals surface area (Å²) in [5.74, 6) is 0.0884. The van der Waals surface area contributed by atoms with Gasteiger partial charge in [0.05, 0.1) is 16.0 Å². The van der Waals surface area contributed by atoms with E-state index in [0.29, 0.717) is 21.5 Å². The number of fused-ring (bicyclic) bond motifs is 1. The maximum Gasteiger partial charge on any atom is 0.244 e. The smallest absolute Gasteiger partial charge is 0.244 e. The number of aromatic amines is 1. The lowest BCUT2D eigenvalue weighted by atomic mass is 9.83. The summed E-state index contributed by atoms with van der Waals surface area (Å²) in [6, 6.07) is 7.44. The number of nitrogens with two attached hydrogens (primary N) is 1. The molecule has 0 spiro atoms. The minimum Gasteiger partial charge on any atom is -0.420 e. The predicted molar refractivity (Wildman–Crippen MR) is 88.3 cm³/mol. The molecule has 1 aliphatic rings. The highest BCUT2D eigenvalue weighted by Gasteiger charge is 2.35. The van der Waals surface area contributed by atoms with Crippen LogP contribution in [0.5, 0.6) is 5.88 Å². The molecule has 0 radical (unpaired) electrons. The van der Waals surface area contributed by atoms with Crippen LogP contribution in [0.4, 0.5) is 0 Å². The largest absolute Gasteiger partial charge is 0.420 e. The van der Waals surface area contributed by atoms with E-state index in [1.54, 1.807) is 12.1 Å². The van der Waals surface area contributed by atoms with Gasteiger partial charge in [-0.15, -0.1) is 5.10 Å². The second-order valence-electron chi connectivity index (χ2n) is 5.27. The summed E-state index contributed by atoms with van der Waals surface area (Å²) in [6.07, 6.45) is 1.73. The number of aryl methyl sites for hydroxylation is 1. The molecule has 0 saturated carbocycles. The molecule has 0 amide bonds. The van der Waals surface area contributed by atoms with Crippen LogP contribution in [-0.2, 0) is 6.42 Å². The topological polar surface area (TPSA) is 87.7 Å². The molecule has 0 fully saturated rings. The van der Waals surface area contributed by atoms with Crippen molar-refractivity contribution in [1.82, 2.24) is 10.2 Å². The number of rotatable bonds is 3. The molecule has 118 valence electrons. The normalized spacial score (nSPS) is 16.7. The maximum absolute atomic E-state index is 9.54. The minimum absolute atomic E-state index is 0.0608. The molecular formula is C16H14Cl2N4O. The Balaban J connectivity index is 2.21. The van der Waals surface area contributed by atoms with Gasteiger partial charge >= 0.3 is 0 Å². The molecule has 0 aliphatic carbocycles. The Labute approximate surface area is 143 Å². The minimum atomic E-state index is -0.376. The Hall–Kier alpha value is -2.16. The highest BCUT2D eigenvalue weighted by molar-refractivity contribution is 6.42. The Morgan fingerprint density at radius 3 is 2.83 bits per heavy atom. The Morgan fingerprint density at radius 1 is 1.39 bits per heavy atom. The molecule has 5 nitrogen and oxygen atoms in total. The van der Waals surface area contributed by atoms with Crippen LogP contribution in [0.2, 0.25) is 10.0 Å². The molecule has 0 saturated heterocycles. The van der Waals surface area contributed by atoms with Gasteiger partial charge in [-0.1, -0.05) is 42.6 Å². The maximum atomic E-state index is 9.54. The van der Waals surface area contributed by atoms with Crippen LogP contribution in [0, 0.1) is 11.3 Å². The summed E-state index contributed by atoms with van der Waals surface area (Å²) in [6.45, 7) is 2.07. The number of nitrogens with one attached hydrogen (secondary N) is 1. The van der Waals surface area contributed by atoms with Crippen LogP contribution in [0.25, 0.3) is 0 Å². The zero-order valence-electron chi connectivity index (χ0n) is 12.4.